The van der Waals surface area contributed by atoms with Gasteiger partial charge in [-0.05, 0) is 26.7 Å². The number of nitrogens with one attached hydrogen (secondary N) is 2. The molecule has 2 N–H and O–H groups in total. The van der Waals surface area contributed by atoms with Crippen LogP contribution >= 0.6 is 11.3 Å². The highest BCUT2D eigenvalue weighted by Gasteiger charge is 2.26. The van der Waals surface area contributed by atoms with Crippen molar-refractivity contribution < 1.29 is 4.79 Å². The predicted molar refractivity (Wildman–Crippen MR) is 86.0 cm³/mol. The van der Waals surface area contributed by atoms with Crippen molar-refractivity contribution in [3.63, 3.8) is 0 Å². The van der Waals surface area contributed by atoms with Crippen LogP contribution in [0.15, 0.2) is 12.4 Å². The molecule has 7 heteroatoms. The molecule has 0 radical (unpaired) electrons. The number of urea groups is 1. The van der Waals surface area contributed by atoms with Gasteiger partial charge < -0.3 is 15.2 Å². The van der Waals surface area contributed by atoms with Crippen LogP contribution in [0.5, 0.6) is 0 Å². The number of imidazole rings is 1. The van der Waals surface area contributed by atoms with Gasteiger partial charge in [0.25, 0.3) is 0 Å². The van der Waals surface area contributed by atoms with Gasteiger partial charge in [-0.3, -0.25) is 0 Å². The monoisotopic (exact) mass is 319 g/mol. The van der Waals surface area contributed by atoms with Gasteiger partial charge in [0.15, 0.2) is 0 Å². The van der Waals surface area contributed by atoms with Crippen LogP contribution in [0, 0.1) is 13.8 Å². The minimum atomic E-state index is -0.0123. The summed E-state index contributed by atoms with van der Waals surface area (Å²) in [5.41, 5.74) is 1.05. The van der Waals surface area contributed by atoms with E-state index >= 15 is 0 Å². The molecule has 1 unspecified atom stereocenters. The van der Waals surface area contributed by atoms with Crippen LogP contribution in [0.3, 0.4) is 0 Å². The molecule has 0 spiro atoms. The zero-order chi connectivity index (χ0) is 15.5. The molecule has 2 amide bonds. The average Bonchev–Trinajstić information content (AvgIpc) is 3.16. The second kappa shape index (κ2) is 6.48. The normalized spacial score (nSPS) is 18.5. The van der Waals surface area contributed by atoms with E-state index in [0.717, 1.165) is 42.5 Å². The maximum Gasteiger partial charge on any atom is 0.317 e. The fourth-order valence-electron chi connectivity index (χ4n) is 2.76. The molecule has 2 aromatic heterocycles. The zero-order valence-electron chi connectivity index (χ0n) is 12.9. The van der Waals surface area contributed by atoms with Crippen molar-refractivity contribution in [3.05, 3.63) is 33.8 Å². The number of aromatic amines is 1. The lowest BCUT2D eigenvalue weighted by Crippen LogP contribution is -2.44. The molecule has 1 atom stereocenters. The van der Waals surface area contributed by atoms with E-state index in [1.807, 2.05) is 18.0 Å². The maximum absolute atomic E-state index is 12.3. The van der Waals surface area contributed by atoms with Crippen molar-refractivity contribution in [2.24, 2.45) is 0 Å². The number of H-pyrrole nitrogens is 1. The number of hydrogen-bond donors (Lipinski definition) is 2. The third kappa shape index (κ3) is 3.30. The second-order valence-corrected chi connectivity index (χ2v) is 6.96. The minimum absolute atomic E-state index is 0.0123. The molecular formula is C15H21N5OS. The van der Waals surface area contributed by atoms with Crippen molar-refractivity contribution in [1.29, 1.82) is 0 Å². The first-order chi connectivity index (χ1) is 10.6. The van der Waals surface area contributed by atoms with Gasteiger partial charge in [-0.1, -0.05) is 0 Å². The van der Waals surface area contributed by atoms with Gasteiger partial charge in [-0.15, -0.1) is 11.3 Å². The van der Waals surface area contributed by atoms with Gasteiger partial charge >= 0.3 is 6.03 Å². The lowest BCUT2D eigenvalue weighted by atomic mass is 9.98. The molecule has 118 valence electrons. The summed E-state index contributed by atoms with van der Waals surface area (Å²) in [5.74, 6) is 1.28. The van der Waals surface area contributed by atoms with Gasteiger partial charge in [-0.25, -0.2) is 14.8 Å². The maximum atomic E-state index is 12.3. The van der Waals surface area contributed by atoms with Crippen molar-refractivity contribution >= 4 is 17.4 Å². The van der Waals surface area contributed by atoms with E-state index in [9.17, 15) is 4.79 Å². The molecule has 22 heavy (non-hydrogen) atoms. The van der Waals surface area contributed by atoms with Crippen LogP contribution in [0.2, 0.25) is 0 Å². The standard InChI is InChI=1S/C15H21N5OS/c1-10-11(2)22-13(19-10)8-18-15(21)20-7-3-4-12(9-20)14-16-5-6-17-14/h5-6,12H,3-4,7-9H2,1-2H3,(H,16,17)(H,18,21). The number of carbonyl (C=O) groups excluding carboxylic acids is 1. The number of thiazole rings is 1. The Labute approximate surface area is 134 Å². The number of amides is 2. The number of aryl methyl sites for hydroxylation is 2. The molecule has 0 bridgehead atoms. The first-order valence-corrected chi connectivity index (χ1v) is 8.40. The smallest absolute Gasteiger partial charge is 0.317 e. The van der Waals surface area contributed by atoms with E-state index in [2.05, 4.69) is 27.2 Å². The summed E-state index contributed by atoms with van der Waals surface area (Å²) in [4.78, 5) is 27.4. The van der Waals surface area contributed by atoms with Crippen molar-refractivity contribution in [2.75, 3.05) is 13.1 Å². The molecule has 1 fully saturated rings. The molecule has 0 aliphatic carbocycles. The van der Waals surface area contributed by atoms with Crippen LogP contribution in [-0.2, 0) is 6.54 Å². The summed E-state index contributed by atoms with van der Waals surface area (Å²) >= 11 is 1.64. The molecule has 2 aromatic rings. The fourth-order valence-corrected chi connectivity index (χ4v) is 3.64. The molecule has 1 saturated heterocycles. The molecule has 0 aromatic carbocycles. The highest BCUT2D eigenvalue weighted by Crippen LogP contribution is 2.24. The van der Waals surface area contributed by atoms with Crippen LogP contribution in [0.25, 0.3) is 0 Å². The number of piperidine rings is 1. The topological polar surface area (TPSA) is 73.9 Å². The van der Waals surface area contributed by atoms with E-state index in [1.165, 1.54) is 4.88 Å². The molecule has 0 saturated carbocycles. The van der Waals surface area contributed by atoms with Gasteiger partial charge in [0.05, 0.1) is 12.2 Å². The Morgan fingerprint density at radius 3 is 3.09 bits per heavy atom. The Balaban J connectivity index is 1.55. The summed E-state index contributed by atoms with van der Waals surface area (Å²) in [6.07, 6.45) is 5.68. The van der Waals surface area contributed by atoms with Crippen LogP contribution < -0.4 is 5.32 Å². The number of hydrogen-bond acceptors (Lipinski definition) is 4. The summed E-state index contributed by atoms with van der Waals surface area (Å²) in [6, 6.07) is -0.0123. The Morgan fingerprint density at radius 1 is 1.55 bits per heavy atom. The van der Waals surface area contributed by atoms with E-state index in [0.29, 0.717) is 12.5 Å². The number of aromatic nitrogens is 3. The zero-order valence-corrected chi connectivity index (χ0v) is 13.7. The Bertz CT molecular complexity index is 617. The first kappa shape index (κ1) is 15.0. The average molecular weight is 319 g/mol. The third-order valence-electron chi connectivity index (χ3n) is 4.08. The molecule has 6 nitrogen and oxygen atoms in total. The van der Waals surface area contributed by atoms with Gasteiger partial charge in [0.2, 0.25) is 0 Å². The molecule has 1 aliphatic heterocycles. The number of rotatable bonds is 3. The Morgan fingerprint density at radius 2 is 2.41 bits per heavy atom. The summed E-state index contributed by atoms with van der Waals surface area (Å²) in [6.45, 7) is 6.07. The van der Waals surface area contributed by atoms with Crippen LogP contribution in [0.1, 0.15) is 40.2 Å². The number of carbonyl (C=O) groups is 1. The van der Waals surface area contributed by atoms with Gasteiger partial charge in [-0.2, -0.15) is 0 Å². The second-order valence-electron chi connectivity index (χ2n) is 5.67. The lowest BCUT2D eigenvalue weighted by molar-refractivity contribution is 0.178. The van der Waals surface area contributed by atoms with Crippen molar-refractivity contribution in [3.8, 4) is 0 Å². The van der Waals surface area contributed by atoms with E-state index in [-0.39, 0.29) is 6.03 Å². The fraction of sp³-hybridized carbons (Fsp3) is 0.533. The van der Waals surface area contributed by atoms with Crippen molar-refractivity contribution in [1.82, 2.24) is 25.2 Å². The number of likely N-dealkylation sites (tertiary alicyclic amines) is 1. The van der Waals surface area contributed by atoms with Crippen molar-refractivity contribution in [2.45, 2.75) is 39.2 Å². The number of nitrogens with zero attached hydrogens (tertiary/aromatic N) is 3. The SMILES string of the molecule is Cc1nc(CNC(=O)N2CCCC(c3ncc[nH]3)C2)sc1C. The lowest BCUT2D eigenvalue weighted by Gasteiger charge is -2.31. The third-order valence-corrected chi connectivity index (χ3v) is 5.15. The first-order valence-electron chi connectivity index (χ1n) is 7.58. The Kier molecular flexibility index (Phi) is 4.42. The van der Waals surface area contributed by atoms with E-state index in [4.69, 9.17) is 0 Å². The molecule has 1 aliphatic rings. The molecular weight excluding hydrogens is 298 g/mol. The minimum Gasteiger partial charge on any atom is -0.348 e. The highest BCUT2D eigenvalue weighted by molar-refractivity contribution is 7.11. The summed E-state index contributed by atoms with van der Waals surface area (Å²) < 4.78 is 0. The van der Waals surface area contributed by atoms with Crippen LogP contribution in [0.4, 0.5) is 4.79 Å². The molecule has 3 rings (SSSR count). The largest absolute Gasteiger partial charge is 0.348 e. The molecule has 3 heterocycles. The van der Waals surface area contributed by atoms with Gasteiger partial charge in [0, 0.05) is 36.3 Å². The summed E-state index contributed by atoms with van der Waals surface area (Å²) in [7, 11) is 0. The predicted octanol–water partition coefficient (Wildman–Crippen LogP) is 2.57. The summed E-state index contributed by atoms with van der Waals surface area (Å²) in [5, 5.41) is 3.94. The van der Waals surface area contributed by atoms with E-state index in [1.54, 1.807) is 17.5 Å². The van der Waals surface area contributed by atoms with E-state index < -0.39 is 0 Å². The Hall–Kier alpha value is -1.89. The highest BCUT2D eigenvalue weighted by atomic mass is 32.1. The quantitative estimate of drug-likeness (QED) is 0.913. The van der Waals surface area contributed by atoms with Crippen LogP contribution in [-0.4, -0.2) is 39.0 Å². The van der Waals surface area contributed by atoms with Gasteiger partial charge in [0.1, 0.15) is 10.8 Å².